The highest BCUT2D eigenvalue weighted by Crippen LogP contribution is 2.26. The Kier molecular flexibility index (Phi) is 2.48. The van der Waals surface area contributed by atoms with Gasteiger partial charge in [-0.05, 0) is 19.1 Å². The van der Waals surface area contributed by atoms with Crippen LogP contribution in [0.3, 0.4) is 0 Å². The minimum atomic E-state index is -0.625. The summed E-state index contributed by atoms with van der Waals surface area (Å²) in [7, 11) is 0. The zero-order valence-electron chi connectivity index (χ0n) is 7.72. The summed E-state index contributed by atoms with van der Waals surface area (Å²) in [4.78, 5) is 0. The molecule has 0 bridgehead atoms. The second-order valence-electron chi connectivity index (χ2n) is 3.18. The Morgan fingerprint density at radius 1 is 1.14 bits per heavy atom. The number of halogens is 2. The van der Waals surface area contributed by atoms with Crippen molar-refractivity contribution in [3.05, 3.63) is 34.9 Å². The van der Waals surface area contributed by atoms with E-state index in [0.717, 1.165) is 0 Å². The Balaban J connectivity index is 2.34. The van der Waals surface area contributed by atoms with Crippen LogP contribution >= 0.6 is 0 Å². The van der Waals surface area contributed by atoms with Crippen molar-refractivity contribution in [3.8, 4) is 0 Å². The van der Waals surface area contributed by atoms with E-state index in [9.17, 15) is 8.78 Å². The second kappa shape index (κ2) is 3.63. The molecule has 4 heteroatoms. The van der Waals surface area contributed by atoms with Gasteiger partial charge in [0.25, 0.3) is 0 Å². The van der Waals surface area contributed by atoms with Gasteiger partial charge in [0, 0.05) is 11.1 Å². The first-order valence-corrected chi connectivity index (χ1v) is 4.37. The molecule has 1 aliphatic rings. The van der Waals surface area contributed by atoms with Crippen LogP contribution in [0.25, 0.3) is 0 Å². The van der Waals surface area contributed by atoms with E-state index >= 15 is 0 Å². The van der Waals surface area contributed by atoms with E-state index in [2.05, 4.69) is 0 Å². The van der Waals surface area contributed by atoms with E-state index in [0.29, 0.717) is 18.8 Å². The summed E-state index contributed by atoms with van der Waals surface area (Å²) in [6.45, 7) is 2.31. The average molecular weight is 200 g/mol. The maximum Gasteiger partial charge on any atom is 0.184 e. The highest BCUT2D eigenvalue weighted by atomic mass is 19.1. The van der Waals surface area contributed by atoms with E-state index in [4.69, 9.17) is 9.47 Å². The zero-order valence-corrected chi connectivity index (χ0v) is 7.72. The van der Waals surface area contributed by atoms with E-state index in [1.165, 1.54) is 19.1 Å². The Morgan fingerprint density at radius 3 is 2.14 bits per heavy atom. The molecule has 1 fully saturated rings. The highest BCUT2D eigenvalue weighted by Gasteiger charge is 2.20. The molecule has 1 aromatic rings. The van der Waals surface area contributed by atoms with Crippen molar-refractivity contribution in [2.45, 2.75) is 13.2 Å². The smallest absolute Gasteiger partial charge is 0.184 e. The molecule has 0 radical (unpaired) electrons. The van der Waals surface area contributed by atoms with Crippen molar-refractivity contribution in [2.24, 2.45) is 0 Å². The van der Waals surface area contributed by atoms with Crippen LogP contribution in [0.15, 0.2) is 12.1 Å². The molecule has 0 amide bonds. The van der Waals surface area contributed by atoms with Gasteiger partial charge in [-0.2, -0.15) is 0 Å². The van der Waals surface area contributed by atoms with Crippen molar-refractivity contribution in [2.75, 3.05) is 13.2 Å². The van der Waals surface area contributed by atoms with Crippen LogP contribution in [0.2, 0.25) is 0 Å². The molecular formula is C10H10F2O2. The molecule has 0 unspecified atom stereocenters. The largest absolute Gasteiger partial charge is 0.346 e. The van der Waals surface area contributed by atoms with E-state index < -0.39 is 17.9 Å². The van der Waals surface area contributed by atoms with Crippen molar-refractivity contribution < 1.29 is 18.3 Å². The van der Waals surface area contributed by atoms with Crippen LogP contribution in [0.5, 0.6) is 0 Å². The van der Waals surface area contributed by atoms with Crippen LogP contribution in [0, 0.1) is 18.6 Å². The van der Waals surface area contributed by atoms with Gasteiger partial charge in [-0.3, -0.25) is 0 Å². The Bertz CT molecular complexity index is 323. The first-order valence-electron chi connectivity index (χ1n) is 4.37. The summed E-state index contributed by atoms with van der Waals surface area (Å²) >= 11 is 0. The normalized spacial score (nSPS) is 17.6. The van der Waals surface area contributed by atoms with Crippen molar-refractivity contribution >= 4 is 0 Å². The molecule has 0 N–H and O–H groups in total. The molecule has 1 aliphatic heterocycles. The molecule has 76 valence electrons. The predicted molar refractivity (Wildman–Crippen MR) is 45.7 cm³/mol. The summed E-state index contributed by atoms with van der Waals surface area (Å²) in [5.74, 6) is -1.14. The molecule has 1 heterocycles. The summed E-state index contributed by atoms with van der Waals surface area (Å²) in [6.07, 6.45) is -0.625. The molecule has 14 heavy (non-hydrogen) atoms. The minimum absolute atomic E-state index is 0.0201. The number of hydrogen-bond donors (Lipinski definition) is 0. The van der Waals surface area contributed by atoms with Gasteiger partial charge in [0.15, 0.2) is 6.29 Å². The van der Waals surface area contributed by atoms with Gasteiger partial charge in [0.2, 0.25) is 0 Å². The maximum atomic E-state index is 13.1. The Labute approximate surface area is 80.4 Å². The molecule has 2 nitrogen and oxygen atoms in total. The van der Waals surface area contributed by atoms with Crippen molar-refractivity contribution in [1.29, 1.82) is 0 Å². The standard InChI is InChI=1S/C10H10F2O2/c1-6-8(11)4-7(5-9(6)12)10-13-2-3-14-10/h4-5,10H,2-3H2,1H3. The van der Waals surface area contributed by atoms with Crippen LogP contribution in [-0.4, -0.2) is 13.2 Å². The molecule has 2 rings (SSSR count). The number of benzene rings is 1. The van der Waals surface area contributed by atoms with Gasteiger partial charge in [0.1, 0.15) is 11.6 Å². The van der Waals surface area contributed by atoms with E-state index in [1.807, 2.05) is 0 Å². The Morgan fingerprint density at radius 2 is 1.64 bits per heavy atom. The third-order valence-electron chi connectivity index (χ3n) is 2.20. The summed E-state index contributed by atoms with van der Waals surface area (Å²) in [5.41, 5.74) is 0.412. The summed E-state index contributed by atoms with van der Waals surface area (Å²) in [5, 5.41) is 0. The average Bonchev–Trinajstić information content (AvgIpc) is 2.66. The van der Waals surface area contributed by atoms with Gasteiger partial charge in [-0.25, -0.2) is 8.78 Å². The summed E-state index contributed by atoms with van der Waals surface area (Å²) < 4.78 is 36.6. The molecular weight excluding hydrogens is 190 g/mol. The lowest BCUT2D eigenvalue weighted by molar-refractivity contribution is -0.0445. The molecule has 0 saturated carbocycles. The van der Waals surface area contributed by atoms with E-state index in [1.54, 1.807) is 0 Å². The molecule has 1 saturated heterocycles. The summed E-state index contributed by atoms with van der Waals surface area (Å²) in [6, 6.07) is 2.49. The van der Waals surface area contributed by atoms with Gasteiger partial charge in [-0.1, -0.05) is 0 Å². The number of rotatable bonds is 1. The van der Waals surface area contributed by atoms with Crippen LogP contribution in [-0.2, 0) is 9.47 Å². The number of hydrogen-bond acceptors (Lipinski definition) is 2. The van der Waals surface area contributed by atoms with Gasteiger partial charge < -0.3 is 9.47 Å². The van der Waals surface area contributed by atoms with Crippen molar-refractivity contribution in [3.63, 3.8) is 0 Å². The quantitative estimate of drug-likeness (QED) is 0.692. The molecule has 0 aromatic heterocycles. The fourth-order valence-electron chi connectivity index (χ4n) is 1.35. The van der Waals surface area contributed by atoms with Crippen LogP contribution in [0.1, 0.15) is 17.4 Å². The lowest BCUT2D eigenvalue weighted by atomic mass is 10.1. The number of ether oxygens (including phenoxy) is 2. The zero-order chi connectivity index (χ0) is 10.1. The van der Waals surface area contributed by atoms with E-state index in [-0.39, 0.29) is 5.56 Å². The van der Waals surface area contributed by atoms with Gasteiger partial charge in [-0.15, -0.1) is 0 Å². The topological polar surface area (TPSA) is 18.5 Å². The molecule has 0 aliphatic carbocycles. The fourth-order valence-corrected chi connectivity index (χ4v) is 1.35. The predicted octanol–water partition coefficient (Wildman–Crippen LogP) is 2.32. The lowest BCUT2D eigenvalue weighted by Gasteiger charge is -2.10. The first kappa shape index (κ1) is 9.55. The van der Waals surface area contributed by atoms with Gasteiger partial charge in [0.05, 0.1) is 13.2 Å². The van der Waals surface area contributed by atoms with Crippen molar-refractivity contribution in [1.82, 2.24) is 0 Å². The Hall–Kier alpha value is -1.00. The maximum absolute atomic E-state index is 13.1. The third kappa shape index (κ3) is 1.63. The molecule has 0 atom stereocenters. The molecule has 0 spiro atoms. The third-order valence-corrected chi connectivity index (χ3v) is 2.20. The monoisotopic (exact) mass is 200 g/mol. The minimum Gasteiger partial charge on any atom is -0.346 e. The van der Waals surface area contributed by atoms with Crippen LogP contribution < -0.4 is 0 Å². The van der Waals surface area contributed by atoms with Gasteiger partial charge >= 0.3 is 0 Å². The molecule has 1 aromatic carbocycles. The highest BCUT2D eigenvalue weighted by molar-refractivity contribution is 5.26. The lowest BCUT2D eigenvalue weighted by Crippen LogP contribution is -2.01. The SMILES string of the molecule is Cc1c(F)cc(C2OCCO2)cc1F. The fraction of sp³-hybridized carbons (Fsp3) is 0.400. The van der Waals surface area contributed by atoms with Crippen LogP contribution in [0.4, 0.5) is 8.78 Å². The first-order chi connectivity index (χ1) is 6.68. The second-order valence-corrected chi connectivity index (χ2v) is 3.18.